The van der Waals surface area contributed by atoms with Gasteiger partial charge in [-0.05, 0) is 30.9 Å². The van der Waals surface area contributed by atoms with Gasteiger partial charge in [0.15, 0.2) is 5.16 Å². The van der Waals surface area contributed by atoms with Crippen LogP contribution in [-0.2, 0) is 16.9 Å². The van der Waals surface area contributed by atoms with E-state index in [2.05, 4.69) is 23.8 Å². The van der Waals surface area contributed by atoms with Crippen LogP contribution < -0.4 is 5.56 Å². The number of esters is 1. The molecule has 1 N–H and O–H groups in total. The molecule has 1 unspecified atom stereocenters. The molecule has 0 amide bonds. The summed E-state index contributed by atoms with van der Waals surface area (Å²) in [6.07, 6.45) is 3.41. The van der Waals surface area contributed by atoms with E-state index in [1.54, 1.807) is 17.4 Å². The summed E-state index contributed by atoms with van der Waals surface area (Å²) in [5.74, 6) is 0.625. The summed E-state index contributed by atoms with van der Waals surface area (Å²) in [5, 5.41) is 1.24. The fourth-order valence-electron chi connectivity index (χ4n) is 2.83. The third-order valence-corrected chi connectivity index (χ3v) is 6.54. The summed E-state index contributed by atoms with van der Waals surface area (Å²) in [6, 6.07) is 1.72. The molecule has 27 heavy (non-hydrogen) atoms. The molecule has 0 aliphatic carbocycles. The van der Waals surface area contributed by atoms with Gasteiger partial charge in [-0.1, -0.05) is 32.0 Å². The predicted octanol–water partition coefficient (Wildman–Crippen LogP) is 4.55. The summed E-state index contributed by atoms with van der Waals surface area (Å²) in [4.78, 5) is 33.8. The fraction of sp³-hybridized carbons (Fsp3) is 0.421. The van der Waals surface area contributed by atoms with Crippen molar-refractivity contribution in [3.8, 4) is 0 Å². The van der Waals surface area contributed by atoms with E-state index < -0.39 is 5.97 Å². The van der Waals surface area contributed by atoms with Gasteiger partial charge >= 0.3 is 5.97 Å². The lowest BCUT2D eigenvalue weighted by Gasteiger charge is -2.08. The number of furan rings is 1. The van der Waals surface area contributed by atoms with Gasteiger partial charge in [-0.15, -0.1) is 11.3 Å². The van der Waals surface area contributed by atoms with Crippen molar-refractivity contribution in [2.45, 2.75) is 44.5 Å². The average Bonchev–Trinajstić information content (AvgIpc) is 3.24. The van der Waals surface area contributed by atoms with E-state index in [0.717, 1.165) is 28.1 Å². The Morgan fingerprint density at radius 1 is 1.48 bits per heavy atom. The fourth-order valence-corrected chi connectivity index (χ4v) is 4.78. The van der Waals surface area contributed by atoms with Crippen molar-refractivity contribution in [3.63, 3.8) is 0 Å². The number of nitrogens with one attached hydrogen (secondary N) is 1. The van der Waals surface area contributed by atoms with Crippen LogP contribution in [0.4, 0.5) is 0 Å². The van der Waals surface area contributed by atoms with Crippen LogP contribution in [0.1, 0.15) is 46.8 Å². The molecule has 0 aliphatic heterocycles. The van der Waals surface area contributed by atoms with E-state index in [0.29, 0.717) is 27.8 Å². The number of ether oxygens (including phenoxy) is 1. The lowest BCUT2D eigenvalue weighted by atomic mass is 9.98. The second-order valence-electron chi connectivity index (χ2n) is 6.46. The van der Waals surface area contributed by atoms with Crippen LogP contribution in [0.15, 0.2) is 26.7 Å². The van der Waals surface area contributed by atoms with Crippen molar-refractivity contribution in [2.75, 3.05) is 7.11 Å². The Hall–Kier alpha value is -2.06. The number of thiophene rings is 1. The minimum absolute atomic E-state index is 0.106. The maximum absolute atomic E-state index is 12.7. The minimum atomic E-state index is -0.518. The smallest absolute Gasteiger partial charge is 0.374 e. The van der Waals surface area contributed by atoms with Gasteiger partial charge in [0.1, 0.15) is 4.83 Å². The van der Waals surface area contributed by atoms with Crippen LogP contribution in [0.25, 0.3) is 10.2 Å². The molecule has 3 heterocycles. The highest BCUT2D eigenvalue weighted by Crippen LogP contribution is 2.31. The number of carbonyl (C=O) groups excluding carboxylic acids is 1. The SMILES string of the molecule is CCC(C)Cc1c(C)sc2nc(SCc3ccoc3C(=O)OC)[nH]c(=O)c12. The number of thioether (sulfide) groups is 1. The maximum Gasteiger partial charge on any atom is 0.374 e. The molecule has 0 spiro atoms. The summed E-state index contributed by atoms with van der Waals surface area (Å²) >= 11 is 2.91. The number of aromatic amines is 1. The zero-order valence-corrected chi connectivity index (χ0v) is 17.4. The first-order valence-electron chi connectivity index (χ1n) is 8.74. The molecule has 3 rings (SSSR count). The summed E-state index contributed by atoms with van der Waals surface area (Å²) < 4.78 is 9.90. The predicted molar refractivity (Wildman–Crippen MR) is 108 cm³/mol. The number of carbonyl (C=O) groups is 1. The Morgan fingerprint density at radius 2 is 2.26 bits per heavy atom. The number of methoxy groups -OCH3 is 1. The minimum Gasteiger partial charge on any atom is -0.463 e. The molecule has 0 aliphatic rings. The van der Waals surface area contributed by atoms with Crippen LogP contribution in [0, 0.1) is 12.8 Å². The van der Waals surface area contributed by atoms with Crippen LogP contribution in [0.5, 0.6) is 0 Å². The van der Waals surface area contributed by atoms with E-state index in [-0.39, 0.29) is 11.3 Å². The zero-order valence-electron chi connectivity index (χ0n) is 15.8. The first kappa shape index (κ1) is 19.7. The van der Waals surface area contributed by atoms with Crippen molar-refractivity contribution < 1.29 is 13.9 Å². The van der Waals surface area contributed by atoms with Crippen LogP contribution >= 0.6 is 23.1 Å². The van der Waals surface area contributed by atoms with E-state index in [1.807, 2.05) is 6.92 Å². The number of H-pyrrole nitrogens is 1. The first-order valence-corrected chi connectivity index (χ1v) is 10.5. The molecule has 1 atom stereocenters. The topological polar surface area (TPSA) is 85.2 Å². The van der Waals surface area contributed by atoms with Crippen LogP contribution in [0.2, 0.25) is 0 Å². The molecule has 0 fully saturated rings. The number of aryl methyl sites for hydroxylation is 1. The molecule has 0 radical (unpaired) electrons. The zero-order chi connectivity index (χ0) is 19.6. The first-order chi connectivity index (χ1) is 12.9. The van der Waals surface area contributed by atoms with Crippen molar-refractivity contribution in [1.29, 1.82) is 0 Å². The number of hydrogen-bond donors (Lipinski definition) is 1. The average molecular weight is 407 g/mol. The van der Waals surface area contributed by atoms with E-state index in [9.17, 15) is 9.59 Å². The Morgan fingerprint density at radius 3 is 2.96 bits per heavy atom. The second-order valence-corrected chi connectivity index (χ2v) is 8.63. The molecular weight excluding hydrogens is 384 g/mol. The summed E-state index contributed by atoms with van der Waals surface area (Å²) in [6.45, 7) is 6.40. The highest BCUT2D eigenvalue weighted by molar-refractivity contribution is 7.98. The Kier molecular flexibility index (Phi) is 6.06. The highest BCUT2D eigenvalue weighted by Gasteiger charge is 2.19. The van der Waals surface area contributed by atoms with Gasteiger partial charge in [0.05, 0.1) is 18.8 Å². The van der Waals surface area contributed by atoms with Gasteiger partial charge in [-0.3, -0.25) is 4.79 Å². The molecule has 3 aromatic heterocycles. The lowest BCUT2D eigenvalue weighted by Crippen LogP contribution is -2.11. The Bertz CT molecular complexity index is 1020. The maximum atomic E-state index is 12.7. The summed E-state index contributed by atoms with van der Waals surface area (Å²) in [7, 11) is 1.31. The molecule has 0 aromatic carbocycles. The molecule has 6 nitrogen and oxygen atoms in total. The van der Waals surface area contributed by atoms with E-state index in [4.69, 9.17) is 9.15 Å². The quantitative estimate of drug-likeness (QED) is 0.352. The summed E-state index contributed by atoms with van der Waals surface area (Å²) in [5.41, 5.74) is 1.71. The van der Waals surface area contributed by atoms with E-state index in [1.165, 1.54) is 25.1 Å². The number of hydrogen-bond acceptors (Lipinski definition) is 7. The van der Waals surface area contributed by atoms with Crippen LogP contribution in [0.3, 0.4) is 0 Å². The molecule has 3 aromatic rings. The van der Waals surface area contributed by atoms with Crippen molar-refractivity contribution in [1.82, 2.24) is 9.97 Å². The van der Waals surface area contributed by atoms with Crippen molar-refractivity contribution in [3.05, 3.63) is 44.4 Å². The number of nitrogens with zero attached hydrogens (tertiary/aromatic N) is 1. The van der Waals surface area contributed by atoms with Gasteiger partial charge in [0, 0.05) is 16.2 Å². The molecule has 8 heteroatoms. The van der Waals surface area contributed by atoms with Crippen LogP contribution in [-0.4, -0.2) is 23.0 Å². The number of aromatic nitrogens is 2. The largest absolute Gasteiger partial charge is 0.463 e. The van der Waals surface area contributed by atoms with Gasteiger partial charge < -0.3 is 14.1 Å². The second kappa shape index (κ2) is 8.31. The molecular formula is C19H22N2O4S2. The molecule has 0 saturated carbocycles. The Labute approximate surface area is 165 Å². The number of rotatable bonds is 7. The molecule has 144 valence electrons. The van der Waals surface area contributed by atoms with E-state index >= 15 is 0 Å². The monoisotopic (exact) mass is 406 g/mol. The standard InChI is InChI=1S/C19H22N2O4S2/c1-5-10(2)8-13-11(3)27-17-14(13)16(22)20-19(21-17)26-9-12-6-7-25-15(12)18(23)24-4/h6-7,10H,5,8-9H2,1-4H3,(H,20,21,22). The van der Waals surface area contributed by atoms with Crippen molar-refractivity contribution in [2.24, 2.45) is 5.92 Å². The van der Waals surface area contributed by atoms with Crippen molar-refractivity contribution >= 4 is 39.3 Å². The normalized spacial score (nSPS) is 12.4. The third-order valence-electron chi connectivity index (χ3n) is 4.57. The van der Waals surface area contributed by atoms with Gasteiger partial charge in [0.25, 0.3) is 5.56 Å². The highest BCUT2D eigenvalue weighted by atomic mass is 32.2. The van der Waals surface area contributed by atoms with Gasteiger partial charge in [-0.2, -0.15) is 0 Å². The lowest BCUT2D eigenvalue weighted by molar-refractivity contribution is 0.0564. The molecule has 0 bridgehead atoms. The van der Waals surface area contributed by atoms with Gasteiger partial charge in [0.2, 0.25) is 5.76 Å². The third kappa shape index (κ3) is 4.11. The Balaban J connectivity index is 1.86. The van der Waals surface area contributed by atoms with Gasteiger partial charge in [-0.25, -0.2) is 9.78 Å². The number of fused-ring (bicyclic) bond motifs is 1. The molecule has 0 saturated heterocycles.